The molecule has 10 nitrogen and oxygen atoms in total. The standard InChI is InChI=1S/C29H30F4N6O4S/c1-16-15-42-10-8-39(16)29-21-11-17(19-3-2-4-20(25(19)33)22(31)5-7-36-44(40)41)13-24(43-9-6-30)26(21)37-28(38-29)18-12-23(32)27(34)35-14-18/h2-4,11-14,16,22,36H,5-10,15H2,1H3,(H2,34,35)(H,40,41). The van der Waals surface area contributed by atoms with Crippen LogP contribution in [0.15, 0.2) is 42.6 Å². The number of benzene rings is 2. The molecule has 234 valence electrons. The lowest BCUT2D eigenvalue weighted by atomic mass is 9.97. The smallest absolute Gasteiger partial charge is 0.231 e. The van der Waals surface area contributed by atoms with Crippen molar-refractivity contribution in [2.24, 2.45) is 0 Å². The molecule has 1 saturated heterocycles. The maximum Gasteiger partial charge on any atom is 0.231 e. The quantitative estimate of drug-likeness (QED) is 0.155. The molecule has 0 saturated carbocycles. The average Bonchev–Trinajstić information content (AvgIpc) is 3.00. The van der Waals surface area contributed by atoms with Crippen molar-refractivity contribution in [3.63, 3.8) is 0 Å². The van der Waals surface area contributed by atoms with Crippen molar-refractivity contribution >= 4 is 33.8 Å². The van der Waals surface area contributed by atoms with Gasteiger partial charge in [0.2, 0.25) is 11.3 Å². The lowest BCUT2D eigenvalue weighted by molar-refractivity contribution is 0.0987. The second-order valence-electron chi connectivity index (χ2n) is 10.1. The van der Waals surface area contributed by atoms with Crippen LogP contribution in [0.2, 0.25) is 0 Å². The van der Waals surface area contributed by atoms with E-state index in [9.17, 15) is 13.0 Å². The summed E-state index contributed by atoms with van der Waals surface area (Å²) in [5, 5.41) is 0.439. The van der Waals surface area contributed by atoms with E-state index >= 15 is 8.78 Å². The number of anilines is 2. The van der Waals surface area contributed by atoms with Gasteiger partial charge in [-0.1, -0.05) is 18.2 Å². The summed E-state index contributed by atoms with van der Waals surface area (Å²) in [6.07, 6.45) is -0.672. The Hall–Kier alpha value is -3.92. The highest BCUT2D eigenvalue weighted by atomic mass is 32.2. The van der Waals surface area contributed by atoms with E-state index in [-0.39, 0.29) is 65.2 Å². The fourth-order valence-corrected chi connectivity index (χ4v) is 5.30. The van der Waals surface area contributed by atoms with E-state index in [1.165, 1.54) is 30.5 Å². The molecule has 4 N–H and O–H groups in total. The van der Waals surface area contributed by atoms with Crippen LogP contribution in [-0.2, 0) is 16.0 Å². The number of nitrogens with two attached hydrogens (primary N) is 1. The molecule has 3 heterocycles. The molecule has 1 fully saturated rings. The summed E-state index contributed by atoms with van der Waals surface area (Å²) in [7, 11) is 0. The number of pyridine rings is 1. The predicted molar refractivity (Wildman–Crippen MR) is 159 cm³/mol. The van der Waals surface area contributed by atoms with Gasteiger partial charge in [0, 0.05) is 41.4 Å². The van der Waals surface area contributed by atoms with Crippen LogP contribution in [0.4, 0.5) is 29.2 Å². The van der Waals surface area contributed by atoms with Crippen LogP contribution < -0.4 is 20.1 Å². The SMILES string of the molecule is CC1COCCN1c1nc(-c2cnc(N)c(F)c2)nc2c(OCCF)cc(-c3cccc(C(F)CCNS(=O)O)c3F)cc12. The van der Waals surface area contributed by atoms with Crippen molar-refractivity contribution in [1.82, 2.24) is 19.7 Å². The summed E-state index contributed by atoms with van der Waals surface area (Å²) in [5.41, 5.74) is 6.19. The number of alkyl halides is 2. The number of rotatable bonds is 11. The molecule has 44 heavy (non-hydrogen) atoms. The Morgan fingerprint density at radius 1 is 1.25 bits per heavy atom. The van der Waals surface area contributed by atoms with E-state index in [1.54, 1.807) is 6.07 Å². The van der Waals surface area contributed by atoms with Gasteiger partial charge in [-0.25, -0.2) is 41.4 Å². The number of nitrogen functional groups attached to an aromatic ring is 1. The zero-order valence-electron chi connectivity index (χ0n) is 23.6. The number of morpholine rings is 1. The minimum atomic E-state index is -2.32. The Bertz CT molecular complexity index is 1680. The fourth-order valence-electron chi connectivity index (χ4n) is 5.00. The number of hydrogen-bond donors (Lipinski definition) is 3. The third-order valence-corrected chi connectivity index (χ3v) is 7.60. The summed E-state index contributed by atoms with van der Waals surface area (Å²) >= 11 is -2.32. The van der Waals surface area contributed by atoms with Gasteiger partial charge in [-0.05, 0) is 37.1 Å². The molecule has 0 spiro atoms. The van der Waals surface area contributed by atoms with Gasteiger partial charge in [0.05, 0.1) is 19.3 Å². The molecule has 15 heteroatoms. The van der Waals surface area contributed by atoms with Crippen molar-refractivity contribution in [3.8, 4) is 28.3 Å². The second kappa shape index (κ2) is 13.8. The summed E-state index contributed by atoms with van der Waals surface area (Å²) in [4.78, 5) is 15.3. The number of ether oxygens (including phenoxy) is 2. The van der Waals surface area contributed by atoms with Crippen LogP contribution in [0.25, 0.3) is 33.4 Å². The molecule has 3 atom stereocenters. The normalized spacial score (nSPS) is 16.7. The zero-order chi connectivity index (χ0) is 31.4. The molecule has 4 aromatic rings. The van der Waals surface area contributed by atoms with Gasteiger partial charge in [-0.2, -0.15) is 0 Å². The van der Waals surface area contributed by atoms with E-state index in [0.717, 1.165) is 6.07 Å². The van der Waals surface area contributed by atoms with Crippen molar-refractivity contribution in [2.45, 2.75) is 25.6 Å². The van der Waals surface area contributed by atoms with E-state index in [0.29, 0.717) is 36.5 Å². The predicted octanol–water partition coefficient (Wildman–Crippen LogP) is 4.92. The van der Waals surface area contributed by atoms with Crippen LogP contribution in [0.5, 0.6) is 5.75 Å². The maximum absolute atomic E-state index is 15.9. The topological polar surface area (TPSA) is 136 Å². The zero-order valence-corrected chi connectivity index (χ0v) is 24.4. The van der Waals surface area contributed by atoms with Gasteiger partial charge in [-0.3, -0.25) is 4.55 Å². The molecule has 1 aliphatic rings. The van der Waals surface area contributed by atoms with Crippen LogP contribution in [0.3, 0.4) is 0 Å². The first kappa shape index (κ1) is 31.5. The molecule has 3 unspecified atom stereocenters. The molecule has 1 aliphatic heterocycles. The molecular weight excluding hydrogens is 604 g/mol. The van der Waals surface area contributed by atoms with Crippen LogP contribution in [0.1, 0.15) is 25.1 Å². The minimum absolute atomic E-state index is 0.0469. The van der Waals surface area contributed by atoms with Crippen LogP contribution >= 0.6 is 0 Å². The van der Waals surface area contributed by atoms with Gasteiger partial charge in [-0.15, -0.1) is 0 Å². The molecule has 0 aliphatic carbocycles. The Kier molecular flexibility index (Phi) is 9.88. The fraction of sp³-hybridized carbons (Fsp3) is 0.345. The van der Waals surface area contributed by atoms with E-state index < -0.39 is 35.7 Å². The van der Waals surface area contributed by atoms with Gasteiger partial charge in [0.1, 0.15) is 42.4 Å². The Morgan fingerprint density at radius 3 is 2.80 bits per heavy atom. The van der Waals surface area contributed by atoms with Crippen molar-refractivity contribution in [1.29, 1.82) is 0 Å². The third-order valence-electron chi connectivity index (χ3n) is 7.15. The summed E-state index contributed by atoms with van der Waals surface area (Å²) < 4.78 is 91.9. The largest absolute Gasteiger partial charge is 0.489 e. The average molecular weight is 635 g/mol. The lowest BCUT2D eigenvalue weighted by Gasteiger charge is -2.35. The molecule has 0 amide bonds. The number of hydrogen-bond acceptors (Lipinski definition) is 8. The number of halogens is 4. The minimum Gasteiger partial charge on any atom is -0.489 e. The Balaban J connectivity index is 1.70. The summed E-state index contributed by atoms with van der Waals surface area (Å²) in [6.45, 7) is 1.90. The van der Waals surface area contributed by atoms with E-state index in [1.807, 2.05) is 11.8 Å². The number of aromatic nitrogens is 3. The van der Waals surface area contributed by atoms with Gasteiger partial charge >= 0.3 is 0 Å². The van der Waals surface area contributed by atoms with Crippen LogP contribution in [-0.4, -0.2) is 69.3 Å². The Morgan fingerprint density at radius 2 is 2.07 bits per heavy atom. The Labute approximate surface area is 253 Å². The van der Waals surface area contributed by atoms with Crippen molar-refractivity contribution in [2.75, 3.05) is 50.2 Å². The highest BCUT2D eigenvalue weighted by Gasteiger charge is 2.27. The van der Waals surface area contributed by atoms with E-state index in [4.69, 9.17) is 24.7 Å². The summed E-state index contributed by atoms with van der Waals surface area (Å²) in [5.74, 6) is -1.22. The molecular formula is C29H30F4N6O4S. The molecule has 5 rings (SSSR count). The molecule has 2 aromatic carbocycles. The first-order chi connectivity index (χ1) is 21.2. The molecule has 0 radical (unpaired) electrons. The monoisotopic (exact) mass is 634 g/mol. The first-order valence-electron chi connectivity index (χ1n) is 13.8. The molecule has 0 bridgehead atoms. The highest BCUT2D eigenvalue weighted by molar-refractivity contribution is 7.77. The first-order valence-corrected chi connectivity index (χ1v) is 14.9. The highest BCUT2D eigenvalue weighted by Crippen LogP contribution is 2.40. The second-order valence-corrected chi connectivity index (χ2v) is 10.9. The lowest BCUT2D eigenvalue weighted by Crippen LogP contribution is -2.44. The van der Waals surface area contributed by atoms with Crippen LogP contribution in [0, 0.1) is 11.6 Å². The number of nitrogens with one attached hydrogen (secondary N) is 1. The van der Waals surface area contributed by atoms with Crippen molar-refractivity contribution < 1.29 is 35.8 Å². The summed E-state index contributed by atoms with van der Waals surface area (Å²) in [6, 6.07) is 8.43. The van der Waals surface area contributed by atoms with Gasteiger partial charge in [0.25, 0.3) is 0 Å². The van der Waals surface area contributed by atoms with Gasteiger partial charge in [0.15, 0.2) is 17.5 Å². The van der Waals surface area contributed by atoms with Crippen molar-refractivity contribution in [3.05, 3.63) is 59.8 Å². The number of nitrogens with zero attached hydrogens (tertiary/aromatic N) is 4. The van der Waals surface area contributed by atoms with Gasteiger partial charge < -0.3 is 20.1 Å². The third kappa shape index (κ3) is 6.75. The van der Waals surface area contributed by atoms with E-state index in [2.05, 4.69) is 14.7 Å². The number of fused-ring (bicyclic) bond motifs is 1. The maximum atomic E-state index is 15.9. The molecule has 2 aromatic heterocycles.